The van der Waals surface area contributed by atoms with Crippen molar-refractivity contribution in [3.05, 3.63) is 82.2 Å². The lowest BCUT2D eigenvalue weighted by Crippen LogP contribution is -2.44. The summed E-state index contributed by atoms with van der Waals surface area (Å²) in [6.07, 6.45) is 6.20. The Balaban J connectivity index is 1.45. The minimum absolute atomic E-state index is 0.00962. The normalized spacial score (nSPS) is 20.4. The number of aryl methyl sites for hydroxylation is 1. The number of amides is 1. The number of nitrogens with zero attached hydrogens (tertiary/aromatic N) is 1. The largest absolute Gasteiger partial charge is 0.392 e. The van der Waals surface area contributed by atoms with Gasteiger partial charge < -0.3 is 10.0 Å². The first kappa shape index (κ1) is 20.2. The number of hydrogen-bond acceptors (Lipinski definition) is 2. The molecule has 29 heavy (non-hydrogen) atoms. The molecular formula is C25H26ClNO2. The number of fused-ring (bicyclic) bond motifs is 2. The fourth-order valence-electron chi connectivity index (χ4n) is 4.94. The Morgan fingerprint density at radius 1 is 1.31 bits per heavy atom. The van der Waals surface area contributed by atoms with E-state index in [0.29, 0.717) is 13.1 Å². The second-order valence-corrected chi connectivity index (χ2v) is 8.71. The van der Waals surface area contributed by atoms with E-state index in [2.05, 4.69) is 6.07 Å². The van der Waals surface area contributed by atoms with E-state index in [0.717, 1.165) is 41.0 Å². The van der Waals surface area contributed by atoms with E-state index >= 15 is 0 Å². The van der Waals surface area contributed by atoms with Crippen molar-refractivity contribution in [3.63, 3.8) is 0 Å². The molecule has 150 valence electrons. The van der Waals surface area contributed by atoms with E-state index in [4.69, 9.17) is 18.5 Å². The maximum absolute atomic E-state index is 12.7. The fraction of sp³-hybridized carbons (Fsp3) is 0.360. The minimum Gasteiger partial charge on any atom is -0.392 e. The molecule has 4 rings (SSSR count). The molecule has 1 saturated heterocycles. The third kappa shape index (κ3) is 3.74. The van der Waals surface area contributed by atoms with Crippen molar-refractivity contribution in [1.82, 2.24) is 4.90 Å². The number of rotatable bonds is 3. The lowest BCUT2D eigenvalue weighted by atomic mass is 9.73. The summed E-state index contributed by atoms with van der Waals surface area (Å²) in [4.78, 5) is 14.7. The molecule has 1 aliphatic carbocycles. The van der Waals surface area contributed by atoms with Gasteiger partial charge in [-0.3, -0.25) is 4.79 Å². The topological polar surface area (TPSA) is 40.5 Å². The van der Waals surface area contributed by atoms with Gasteiger partial charge in [0.1, 0.15) is 0 Å². The molecular weight excluding hydrogens is 382 g/mol. The highest BCUT2D eigenvalue weighted by molar-refractivity contribution is 6.31. The van der Waals surface area contributed by atoms with Crippen LogP contribution in [0.1, 0.15) is 53.0 Å². The summed E-state index contributed by atoms with van der Waals surface area (Å²) in [6, 6.07) is 11.8. The van der Waals surface area contributed by atoms with E-state index in [1.54, 1.807) is 6.08 Å². The van der Waals surface area contributed by atoms with Gasteiger partial charge in [-0.15, -0.1) is 0 Å². The molecule has 1 unspecified atom stereocenters. The summed E-state index contributed by atoms with van der Waals surface area (Å²) in [5, 5.41) is 10.0. The number of benzene rings is 2. The van der Waals surface area contributed by atoms with Gasteiger partial charge in [-0.1, -0.05) is 41.9 Å². The molecule has 2 radical (unpaired) electrons. The molecule has 0 saturated carbocycles. The van der Waals surface area contributed by atoms with Crippen LogP contribution in [-0.4, -0.2) is 29.0 Å². The first-order chi connectivity index (χ1) is 13.9. The molecule has 0 bridgehead atoms. The number of carbonyl (C=O) groups is 1. The summed E-state index contributed by atoms with van der Waals surface area (Å²) in [5.74, 6) is 0.0582. The maximum Gasteiger partial charge on any atom is 0.246 e. The zero-order chi connectivity index (χ0) is 20.6. The monoisotopic (exact) mass is 407 g/mol. The second kappa shape index (κ2) is 7.97. The number of piperidine rings is 1. The van der Waals surface area contributed by atoms with E-state index in [9.17, 15) is 9.90 Å². The van der Waals surface area contributed by atoms with E-state index in [1.807, 2.05) is 48.2 Å². The number of hydrogen-bond donors (Lipinski definition) is 1. The highest BCUT2D eigenvalue weighted by atomic mass is 35.5. The molecule has 1 atom stereocenters. The van der Waals surface area contributed by atoms with Gasteiger partial charge >= 0.3 is 0 Å². The smallest absolute Gasteiger partial charge is 0.246 e. The Morgan fingerprint density at radius 2 is 2.07 bits per heavy atom. The van der Waals surface area contributed by atoms with Crippen LogP contribution < -0.4 is 0 Å². The molecule has 2 aliphatic rings. The summed E-state index contributed by atoms with van der Waals surface area (Å²) >= 11 is 6.55. The van der Waals surface area contributed by atoms with Crippen LogP contribution in [0, 0.1) is 13.8 Å². The molecule has 3 nitrogen and oxygen atoms in total. The van der Waals surface area contributed by atoms with Crippen LogP contribution in [0.2, 0.25) is 5.02 Å². The lowest BCUT2D eigenvalue weighted by Gasteiger charge is -2.40. The van der Waals surface area contributed by atoms with E-state index in [1.165, 1.54) is 11.1 Å². The molecule has 4 heteroatoms. The SMILES string of the molecule is [CH]C1CC2(CCN(C(=O)/C=C/c3ccc(CO)cc3C)CC2)c2c(Cl)cccc21. The van der Waals surface area contributed by atoms with Gasteiger partial charge in [0.05, 0.1) is 6.61 Å². The molecule has 1 spiro atoms. The number of aliphatic hydroxyl groups is 1. The third-order valence-corrected chi connectivity index (χ3v) is 6.86. The van der Waals surface area contributed by atoms with E-state index in [-0.39, 0.29) is 23.8 Å². The van der Waals surface area contributed by atoms with Crippen LogP contribution in [0.15, 0.2) is 42.5 Å². The van der Waals surface area contributed by atoms with Crippen LogP contribution in [0.25, 0.3) is 6.08 Å². The van der Waals surface area contributed by atoms with Crippen molar-refractivity contribution >= 4 is 23.6 Å². The van der Waals surface area contributed by atoms with Crippen molar-refractivity contribution in [3.8, 4) is 0 Å². The van der Waals surface area contributed by atoms with Gasteiger partial charge in [-0.25, -0.2) is 0 Å². The van der Waals surface area contributed by atoms with Gasteiger partial charge in [0.2, 0.25) is 5.91 Å². The Bertz CT molecular complexity index is 957. The molecule has 2 aromatic carbocycles. The van der Waals surface area contributed by atoms with Gasteiger partial charge in [-0.05, 0) is 79.0 Å². The van der Waals surface area contributed by atoms with Gasteiger partial charge in [0.25, 0.3) is 0 Å². The van der Waals surface area contributed by atoms with Crippen LogP contribution in [0.3, 0.4) is 0 Å². The predicted molar refractivity (Wildman–Crippen MR) is 117 cm³/mol. The maximum atomic E-state index is 12.7. The molecule has 2 aromatic rings. The average Bonchev–Trinajstić information content (AvgIpc) is 2.99. The highest BCUT2D eigenvalue weighted by Gasteiger charge is 2.45. The van der Waals surface area contributed by atoms with Crippen LogP contribution in [0.4, 0.5) is 0 Å². The lowest BCUT2D eigenvalue weighted by molar-refractivity contribution is -0.127. The molecule has 1 heterocycles. The molecule has 1 N–H and O–H groups in total. The van der Waals surface area contributed by atoms with Gasteiger partial charge in [0, 0.05) is 29.6 Å². The Morgan fingerprint density at radius 3 is 2.76 bits per heavy atom. The number of carbonyl (C=O) groups excluding carboxylic acids is 1. The zero-order valence-electron chi connectivity index (χ0n) is 16.7. The van der Waals surface area contributed by atoms with Crippen molar-refractivity contribution in [2.45, 2.75) is 44.1 Å². The molecule has 0 aromatic heterocycles. The zero-order valence-corrected chi connectivity index (χ0v) is 17.5. The van der Waals surface area contributed by atoms with Crippen molar-refractivity contribution in [2.24, 2.45) is 0 Å². The average molecular weight is 408 g/mol. The Kier molecular flexibility index (Phi) is 5.54. The van der Waals surface area contributed by atoms with E-state index < -0.39 is 0 Å². The quantitative estimate of drug-likeness (QED) is 0.734. The Labute approximate surface area is 178 Å². The minimum atomic E-state index is -0.00962. The number of halogens is 1. The van der Waals surface area contributed by atoms with Crippen LogP contribution in [-0.2, 0) is 16.8 Å². The van der Waals surface area contributed by atoms with Crippen LogP contribution >= 0.6 is 11.6 Å². The van der Waals surface area contributed by atoms with Crippen molar-refractivity contribution in [1.29, 1.82) is 0 Å². The fourth-order valence-corrected chi connectivity index (χ4v) is 5.32. The standard InChI is InChI=1S/C25H26ClNO2/c1-17-14-19(16-28)6-7-20(17)8-9-23(29)27-12-10-25(11-13-27)15-18(2)21-4-3-5-22(26)24(21)25/h2-9,14,18,28H,10-13,15-16H2,1H3/b9-8+. The van der Waals surface area contributed by atoms with Gasteiger partial charge in [0.15, 0.2) is 0 Å². The summed E-state index contributed by atoms with van der Waals surface area (Å²) < 4.78 is 0. The highest BCUT2D eigenvalue weighted by Crippen LogP contribution is 2.53. The predicted octanol–water partition coefficient (Wildman–Crippen LogP) is 4.91. The molecule has 1 aliphatic heterocycles. The first-order valence-corrected chi connectivity index (χ1v) is 10.5. The first-order valence-electron chi connectivity index (χ1n) is 10.2. The number of aliphatic hydroxyl groups excluding tert-OH is 1. The Hall–Kier alpha value is -2.10. The second-order valence-electron chi connectivity index (χ2n) is 8.30. The summed E-state index contributed by atoms with van der Waals surface area (Å²) in [7, 11) is 0. The van der Waals surface area contributed by atoms with Crippen molar-refractivity contribution < 1.29 is 9.90 Å². The summed E-state index contributed by atoms with van der Waals surface area (Å²) in [5.41, 5.74) is 5.27. The molecule has 1 amide bonds. The third-order valence-electron chi connectivity index (χ3n) is 6.54. The van der Waals surface area contributed by atoms with Crippen LogP contribution in [0.5, 0.6) is 0 Å². The van der Waals surface area contributed by atoms with Crippen molar-refractivity contribution in [2.75, 3.05) is 13.1 Å². The number of likely N-dealkylation sites (tertiary alicyclic amines) is 1. The molecule has 1 fully saturated rings. The van der Waals surface area contributed by atoms with Gasteiger partial charge in [-0.2, -0.15) is 0 Å². The summed E-state index contributed by atoms with van der Waals surface area (Å²) in [6.45, 7) is 9.83.